The van der Waals surface area contributed by atoms with E-state index in [4.69, 9.17) is 0 Å². The van der Waals surface area contributed by atoms with Crippen LogP contribution in [0.4, 0.5) is 5.69 Å². The number of aryl methyl sites for hydroxylation is 2. The van der Waals surface area contributed by atoms with E-state index in [-0.39, 0.29) is 17.6 Å². The first-order valence-electron chi connectivity index (χ1n) is 8.83. The van der Waals surface area contributed by atoms with Crippen molar-refractivity contribution in [3.8, 4) is 0 Å². The molecule has 138 valence electrons. The maximum Gasteiger partial charge on any atom is 0.253 e. The van der Waals surface area contributed by atoms with E-state index >= 15 is 0 Å². The minimum absolute atomic E-state index is 0.166. The Morgan fingerprint density at radius 3 is 2.46 bits per heavy atom. The highest BCUT2D eigenvalue weighted by Crippen LogP contribution is 2.25. The SMILES string of the molecule is CC(NC(=O)c1ccccc1NS(C)(=O)=O)c1ccc2c(c1)CCCC2. The van der Waals surface area contributed by atoms with E-state index in [1.807, 2.05) is 6.92 Å². The molecule has 0 radical (unpaired) electrons. The summed E-state index contributed by atoms with van der Waals surface area (Å²) in [4.78, 5) is 12.7. The Morgan fingerprint density at radius 1 is 1.04 bits per heavy atom. The first-order valence-corrected chi connectivity index (χ1v) is 10.7. The lowest BCUT2D eigenvalue weighted by Crippen LogP contribution is -2.28. The smallest absolute Gasteiger partial charge is 0.253 e. The molecular formula is C20H24N2O3S. The Balaban J connectivity index is 1.78. The predicted octanol–water partition coefficient (Wildman–Crippen LogP) is 3.43. The number of hydrogen-bond donors (Lipinski definition) is 2. The van der Waals surface area contributed by atoms with Gasteiger partial charge in [0.1, 0.15) is 0 Å². The second-order valence-electron chi connectivity index (χ2n) is 6.85. The summed E-state index contributed by atoms with van der Waals surface area (Å²) in [6.45, 7) is 1.94. The third kappa shape index (κ3) is 4.43. The van der Waals surface area contributed by atoms with Gasteiger partial charge in [0.2, 0.25) is 10.0 Å². The first kappa shape index (κ1) is 18.5. The molecule has 1 atom stereocenters. The monoisotopic (exact) mass is 372 g/mol. The van der Waals surface area contributed by atoms with Crippen LogP contribution in [0.1, 0.15) is 52.9 Å². The predicted molar refractivity (Wildman–Crippen MR) is 104 cm³/mol. The molecule has 0 aliphatic heterocycles. The van der Waals surface area contributed by atoms with Crippen molar-refractivity contribution < 1.29 is 13.2 Å². The molecule has 6 heteroatoms. The van der Waals surface area contributed by atoms with Gasteiger partial charge in [-0.15, -0.1) is 0 Å². The minimum Gasteiger partial charge on any atom is -0.345 e. The fourth-order valence-corrected chi connectivity index (χ4v) is 3.93. The summed E-state index contributed by atoms with van der Waals surface area (Å²) in [5, 5.41) is 2.97. The van der Waals surface area contributed by atoms with Crippen LogP contribution in [0.2, 0.25) is 0 Å². The average Bonchev–Trinajstić information content (AvgIpc) is 2.60. The third-order valence-corrected chi connectivity index (χ3v) is 5.28. The van der Waals surface area contributed by atoms with Gasteiger partial charge in [-0.1, -0.05) is 30.3 Å². The van der Waals surface area contributed by atoms with E-state index < -0.39 is 10.0 Å². The maximum atomic E-state index is 12.7. The van der Waals surface area contributed by atoms with Crippen LogP contribution in [-0.2, 0) is 22.9 Å². The van der Waals surface area contributed by atoms with Crippen LogP contribution in [0, 0.1) is 0 Å². The van der Waals surface area contributed by atoms with E-state index in [1.165, 1.54) is 24.0 Å². The molecule has 3 rings (SSSR count). The summed E-state index contributed by atoms with van der Waals surface area (Å²) in [5.41, 5.74) is 4.43. The fourth-order valence-electron chi connectivity index (χ4n) is 3.35. The number of sulfonamides is 1. The number of anilines is 1. The summed E-state index contributed by atoms with van der Waals surface area (Å²) in [7, 11) is -3.45. The number of benzene rings is 2. The lowest BCUT2D eigenvalue weighted by molar-refractivity contribution is 0.0941. The second kappa shape index (κ2) is 7.50. The molecule has 2 N–H and O–H groups in total. The summed E-state index contributed by atoms with van der Waals surface area (Å²) in [6, 6.07) is 12.8. The van der Waals surface area contributed by atoms with Crippen molar-refractivity contribution in [2.75, 3.05) is 11.0 Å². The summed E-state index contributed by atoms with van der Waals surface area (Å²) < 4.78 is 25.4. The van der Waals surface area contributed by atoms with Crippen LogP contribution >= 0.6 is 0 Å². The van der Waals surface area contributed by atoms with Crippen molar-refractivity contribution in [3.63, 3.8) is 0 Å². The summed E-state index contributed by atoms with van der Waals surface area (Å²) in [5.74, 6) is -0.304. The van der Waals surface area contributed by atoms with Gasteiger partial charge >= 0.3 is 0 Å². The van der Waals surface area contributed by atoms with Crippen LogP contribution in [-0.4, -0.2) is 20.6 Å². The zero-order valence-electron chi connectivity index (χ0n) is 15.1. The number of para-hydroxylation sites is 1. The van der Waals surface area contributed by atoms with Crippen molar-refractivity contribution in [1.29, 1.82) is 0 Å². The molecule has 26 heavy (non-hydrogen) atoms. The summed E-state index contributed by atoms with van der Waals surface area (Å²) in [6.07, 6.45) is 5.73. The van der Waals surface area contributed by atoms with Gasteiger partial charge in [0.25, 0.3) is 5.91 Å². The van der Waals surface area contributed by atoms with E-state index in [2.05, 4.69) is 28.2 Å². The van der Waals surface area contributed by atoms with Gasteiger partial charge in [0.15, 0.2) is 0 Å². The van der Waals surface area contributed by atoms with Crippen molar-refractivity contribution in [2.45, 2.75) is 38.6 Å². The Kier molecular flexibility index (Phi) is 5.32. The number of nitrogens with one attached hydrogen (secondary N) is 2. The Bertz CT molecular complexity index is 922. The summed E-state index contributed by atoms with van der Waals surface area (Å²) >= 11 is 0. The molecule has 0 saturated carbocycles. The van der Waals surface area contributed by atoms with Gasteiger partial charge in [-0.2, -0.15) is 0 Å². The first-order chi connectivity index (χ1) is 12.3. The van der Waals surface area contributed by atoms with Crippen LogP contribution in [0.5, 0.6) is 0 Å². The van der Waals surface area contributed by atoms with Gasteiger partial charge in [-0.05, 0) is 61.4 Å². The molecule has 0 aromatic heterocycles. The number of fused-ring (bicyclic) bond motifs is 1. The molecule has 0 spiro atoms. The van der Waals surface area contributed by atoms with Crippen LogP contribution in [0.15, 0.2) is 42.5 Å². The molecular weight excluding hydrogens is 348 g/mol. The number of hydrogen-bond acceptors (Lipinski definition) is 3. The second-order valence-corrected chi connectivity index (χ2v) is 8.60. The van der Waals surface area contributed by atoms with Crippen molar-refractivity contribution >= 4 is 21.6 Å². The quantitative estimate of drug-likeness (QED) is 0.844. The largest absolute Gasteiger partial charge is 0.345 e. The number of carbonyl (C=O) groups excluding carboxylic acids is 1. The lowest BCUT2D eigenvalue weighted by atomic mass is 9.89. The van der Waals surface area contributed by atoms with Crippen molar-refractivity contribution in [3.05, 3.63) is 64.7 Å². The van der Waals surface area contributed by atoms with Crippen LogP contribution < -0.4 is 10.0 Å². The standard InChI is InChI=1S/C20H24N2O3S/c1-14(16-12-11-15-7-3-4-8-17(15)13-16)21-20(23)18-9-5-6-10-19(18)22-26(2,24)25/h5-6,9-14,22H,3-4,7-8H2,1-2H3,(H,21,23). The van der Waals surface area contributed by atoms with E-state index in [1.54, 1.807) is 24.3 Å². The van der Waals surface area contributed by atoms with Crippen LogP contribution in [0.25, 0.3) is 0 Å². The normalized spacial score (nSPS) is 15.0. The van der Waals surface area contributed by atoms with Gasteiger partial charge in [0.05, 0.1) is 23.5 Å². The van der Waals surface area contributed by atoms with Crippen molar-refractivity contribution in [1.82, 2.24) is 5.32 Å². The molecule has 0 bridgehead atoms. The highest BCUT2D eigenvalue weighted by atomic mass is 32.2. The molecule has 2 aromatic carbocycles. The Labute approximate surface area is 154 Å². The van der Waals surface area contributed by atoms with Gasteiger partial charge in [-0.3, -0.25) is 9.52 Å². The lowest BCUT2D eigenvalue weighted by Gasteiger charge is -2.20. The number of rotatable bonds is 5. The maximum absolute atomic E-state index is 12.7. The van der Waals surface area contributed by atoms with Gasteiger partial charge in [0, 0.05) is 0 Å². The topological polar surface area (TPSA) is 75.3 Å². The zero-order valence-corrected chi connectivity index (χ0v) is 15.9. The van der Waals surface area contributed by atoms with E-state index in [0.29, 0.717) is 5.56 Å². The molecule has 1 unspecified atom stereocenters. The molecule has 0 fully saturated rings. The van der Waals surface area contributed by atoms with Crippen LogP contribution in [0.3, 0.4) is 0 Å². The number of carbonyl (C=O) groups is 1. The Hall–Kier alpha value is -2.34. The molecule has 1 aliphatic carbocycles. The third-order valence-electron chi connectivity index (χ3n) is 4.69. The van der Waals surface area contributed by atoms with Gasteiger partial charge < -0.3 is 5.32 Å². The number of amides is 1. The van der Waals surface area contributed by atoms with E-state index in [9.17, 15) is 13.2 Å². The zero-order chi connectivity index (χ0) is 18.7. The fraction of sp³-hybridized carbons (Fsp3) is 0.350. The molecule has 1 amide bonds. The van der Waals surface area contributed by atoms with Gasteiger partial charge in [-0.25, -0.2) is 8.42 Å². The Morgan fingerprint density at radius 2 is 1.73 bits per heavy atom. The molecule has 0 saturated heterocycles. The average molecular weight is 372 g/mol. The minimum atomic E-state index is -3.45. The van der Waals surface area contributed by atoms with Crippen molar-refractivity contribution in [2.24, 2.45) is 0 Å². The highest BCUT2D eigenvalue weighted by molar-refractivity contribution is 7.92. The molecule has 0 heterocycles. The highest BCUT2D eigenvalue weighted by Gasteiger charge is 2.18. The molecule has 5 nitrogen and oxygen atoms in total. The molecule has 2 aromatic rings. The molecule has 1 aliphatic rings. The van der Waals surface area contributed by atoms with E-state index in [0.717, 1.165) is 24.7 Å².